The third-order valence-electron chi connectivity index (χ3n) is 4.47. The van der Waals surface area contributed by atoms with Gasteiger partial charge in [-0.3, -0.25) is 0 Å². The molecule has 0 amide bonds. The van der Waals surface area contributed by atoms with Crippen LogP contribution in [0.1, 0.15) is 0 Å². The van der Waals surface area contributed by atoms with Gasteiger partial charge in [-0.1, -0.05) is 72.8 Å². The summed E-state index contributed by atoms with van der Waals surface area (Å²) in [7, 11) is 0. The minimum absolute atomic E-state index is 1.16. The fraction of sp³-hybridized carbons (Fsp3) is 0.167. The molecule has 0 aliphatic heterocycles. The Morgan fingerprint density at radius 1 is 0.444 bits per heavy atom. The first-order valence-corrected chi connectivity index (χ1v) is 12.3. The summed E-state index contributed by atoms with van der Waals surface area (Å²) in [6.07, 6.45) is 0. The second-order valence-corrected chi connectivity index (χ2v) is 9.76. The van der Waals surface area contributed by atoms with Crippen LogP contribution in [0.2, 0.25) is 0 Å². The van der Waals surface area contributed by atoms with Gasteiger partial charge in [0, 0.05) is 32.8 Å². The zero-order chi connectivity index (χ0) is 18.3. The number of hydrogen-bond donors (Lipinski definition) is 0. The summed E-state index contributed by atoms with van der Waals surface area (Å²) in [5.74, 6) is 4.73. The lowest BCUT2D eigenvalue weighted by Gasteiger charge is -2.07. The minimum Gasteiger partial charge on any atom is -0.160 e. The maximum Gasteiger partial charge on any atom is 0.0151 e. The molecule has 0 spiro atoms. The maximum atomic E-state index is 2.24. The van der Waals surface area contributed by atoms with Crippen LogP contribution in [-0.4, -0.2) is 23.0 Å². The van der Waals surface area contributed by atoms with Crippen molar-refractivity contribution >= 4 is 56.8 Å². The molecule has 136 valence electrons. The fourth-order valence-electron chi connectivity index (χ4n) is 3.17. The van der Waals surface area contributed by atoms with Crippen molar-refractivity contribution in [3.8, 4) is 0 Å². The van der Waals surface area contributed by atoms with E-state index >= 15 is 0 Å². The molecule has 0 aromatic heterocycles. The van der Waals surface area contributed by atoms with Crippen LogP contribution < -0.4 is 0 Å². The van der Waals surface area contributed by atoms with Crippen LogP contribution in [0.25, 0.3) is 21.5 Å². The summed E-state index contributed by atoms with van der Waals surface area (Å²) in [6, 6.07) is 30.5. The number of hydrogen-bond acceptors (Lipinski definition) is 3. The van der Waals surface area contributed by atoms with E-state index in [1.54, 1.807) is 0 Å². The van der Waals surface area contributed by atoms with Crippen molar-refractivity contribution in [2.45, 2.75) is 9.79 Å². The molecule has 0 saturated carbocycles. The van der Waals surface area contributed by atoms with Gasteiger partial charge in [-0.05, 0) is 33.7 Å². The Hall–Kier alpha value is -1.55. The van der Waals surface area contributed by atoms with E-state index in [-0.39, 0.29) is 0 Å². The number of benzene rings is 4. The summed E-state index contributed by atoms with van der Waals surface area (Å²) in [5, 5.41) is 5.42. The zero-order valence-electron chi connectivity index (χ0n) is 15.1. The molecule has 0 bridgehead atoms. The Balaban J connectivity index is 1.22. The van der Waals surface area contributed by atoms with Gasteiger partial charge in [0.05, 0.1) is 0 Å². The Bertz CT molecular complexity index is 932. The van der Waals surface area contributed by atoms with Gasteiger partial charge in [-0.15, -0.1) is 23.5 Å². The van der Waals surface area contributed by atoms with Gasteiger partial charge >= 0.3 is 0 Å². The molecule has 4 rings (SSSR count). The van der Waals surface area contributed by atoms with E-state index in [0.29, 0.717) is 0 Å². The van der Waals surface area contributed by atoms with E-state index in [2.05, 4.69) is 96.7 Å². The molecule has 4 aromatic carbocycles. The summed E-state index contributed by atoms with van der Waals surface area (Å²) >= 11 is 6.02. The van der Waals surface area contributed by atoms with Crippen molar-refractivity contribution < 1.29 is 0 Å². The highest BCUT2D eigenvalue weighted by atomic mass is 32.2. The van der Waals surface area contributed by atoms with Crippen molar-refractivity contribution in [3.63, 3.8) is 0 Å². The third-order valence-corrected chi connectivity index (χ3v) is 8.12. The molecule has 27 heavy (non-hydrogen) atoms. The van der Waals surface area contributed by atoms with E-state index < -0.39 is 0 Å². The lowest BCUT2D eigenvalue weighted by atomic mass is 10.1. The van der Waals surface area contributed by atoms with Crippen LogP contribution in [0.5, 0.6) is 0 Å². The first kappa shape index (κ1) is 18.8. The van der Waals surface area contributed by atoms with Crippen molar-refractivity contribution in [2.75, 3.05) is 23.0 Å². The first-order chi connectivity index (χ1) is 13.4. The molecule has 0 aliphatic carbocycles. The molecular formula is C24H22S3. The van der Waals surface area contributed by atoms with E-state index in [0.717, 1.165) is 11.5 Å². The van der Waals surface area contributed by atoms with Gasteiger partial charge in [0.25, 0.3) is 0 Å². The first-order valence-electron chi connectivity index (χ1n) is 9.21. The maximum absolute atomic E-state index is 2.24. The third kappa shape index (κ3) is 4.84. The average Bonchev–Trinajstić information content (AvgIpc) is 2.73. The average molecular weight is 407 g/mol. The Morgan fingerprint density at radius 3 is 1.41 bits per heavy atom. The molecule has 0 heterocycles. The van der Waals surface area contributed by atoms with E-state index in [1.165, 1.54) is 42.8 Å². The molecule has 0 radical (unpaired) electrons. The largest absolute Gasteiger partial charge is 0.160 e. The van der Waals surface area contributed by atoms with Gasteiger partial charge in [-0.2, -0.15) is 11.8 Å². The topological polar surface area (TPSA) is 0 Å². The second-order valence-electron chi connectivity index (χ2n) is 6.26. The molecule has 0 unspecified atom stereocenters. The number of rotatable bonds is 8. The summed E-state index contributed by atoms with van der Waals surface area (Å²) in [4.78, 5) is 2.80. The van der Waals surface area contributed by atoms with Crippen LogP contribution in [0.15, 0.2) is 94.7 Å². The van der Waals surface area contributed by atoms with E-state index in [9.17, 15) is 0 Å². The van der Waals surface area contributed by atoms with Crippen molar-refractivity contribution in [2.24, 2.45) is 0 Å². The van der Waals surface area contributed by atoms with Crippen LogP contribution in [0, 0.1) is 0 Å². The van der Waals surface area contributed by atoms with Gasteiger partial charge in [0.1, 0.15) is 0 Å². The summed E-state index contributed by atoms with van der Waals surface area (Å²) in [6.45, 7) is 0. The predicted octanol–water partition coefficient (Wildman–Crippen LogP) is 7.61. The minimum atomic E-state index is 1.16. The summed E-state index contributed by atoms with van der Waals surface area (Å²) in [5.41, 5.74) is 0. The lowest BCUT2D eigenvalue weighted by Crippen LogP contribution is -1.90. The van der Waals surface area contributed by atoms with Gasteiger partial charge in [0.2, 0.25) is 0 Å². The Labute approximate surface area is 174 Å². The normalized spacial score (nSPS) is 11.3. The number of fused-ring (bicyclic) bond motifs is 2. The Morgan fingerprint density at radius 2 is 0.889 bits per heavy atom. The highest BCUT2D eigenvalue weighted by molar-refractivity contribution is 8.04. The van der Waals surface area contributed by atoms with Crippen molar-refractivity contribution in [1.82, 2.24) is 0 Å². The molecular weight excluding hydrogens is 384 g/mol. The molecule has 0 aliphatic rings. The molecule has 0 N–H and O–H groups in total. The van der Waals surface area contributed by atoms with Crippen LogP contribution in [-0.2, 0) is 0 Å². The summed E-state index contributed by atoms with van der Waals surface area (Å²) < 4.78 is 0. The van der Waals surface area contributed by atoms with Gasteiger partial charge < -0.3 is 0 Å². The Kier molecular flexibility index (Phi) is 6.67. The highest BCUT2D eigenvalue weighted by Gasteiger charge is 2.02. The van der Waals surface area contributed by atoms with Gasteiger partial charge in [-0.25, -0.2) is 0 Å². The second kappa shape index (κ2) is 9.59. The van der Waals surface area contributed by atoms with E-state index in [1.807, 2.05) is 23.5 Å². The molecule has 3 heteroatoms. The zero-order valence-corrected chi connectivity index (χ0v) is 17.6. The predicted molar refractivity (Wildman–Crippen MR) is 127 cm³/mol. The van der Waals surface area contributed by atoms with Crippen molar-refractivity contribution in [3.05, 3.63) is 84.9 Å². The standard InChI is InChI=1S/C24H22S3/c1-3-11-21-19(7-1)9-5-13-23(21)26-17-15-25-16-18-27-24-14-6-10-20-8-2-4-12-22(20)24/h1-14H,15-18H2. The van der Waals surface area contributed by atoms with Crippen LogP contribution >= 0.6 is 35.3 Å². The molecule has 0 fully saturated rings. The molecule has 0 nitrogen and oxygen atoms in total. The van der Waals surface area contributed by atoms with E-state index in [4.69, 9.17) is 0 Å². The van der Waals surface area contributed by atoms with Gasteiger partial charge in [0.15, 0.2) is 0 Å². The molecule has 0 atom stereocenters. The quantitative estimate of drug-likeness (QED) is 0.218. The number of thioether (sulfide) groups is 3. The lowest BCUT2D eigenvalue weighted by molar-refractivity contribution is 1.45. The van der Waals surface area contributed by atoms with Crippen molar-refractivity contribution in [1.29, 1.82) is 0 Å². The smallest absolute Gasteiger partial charge is 0.0151 e. The highest BCUT2D eigenvalue weighted by Crippen LogP contribution is 2.30. The fourth-order valence-corrected chi connectivity index (χ4v) is 6.45. The van der Waals surface area contributed by atoms with Crippen LogP contribution in [0.4, 0.5) is 0 Å². The molecule has 4 aromatic rings. The SMILES string of the molecule is c1ccc2c(SCCSCCSc3cccc4ccccc34)cccc2c1. The monoisotopic (exact) mass is 406 g/mol. The molecule has 0 saturated heterocycles. The van der Waals surface area contributed by atoms with Crippen LogP contribution in [0.3, 0.4) is 0 Å².